The van der Waals surface area contributed by atoms with Gasteiger partial charge in [0, 0.05) is 37.6 Å². The van der Waals surface area contributed by atoms with Gasteiger partial charge in [0.25, 0.3) is 0 Å². The summed E-state index contributed by atoms with van der Waals surface area (Å²) in [5.41, 5.74) is 4.22. The zero-order valence-electron chi connectivity index (χ0n) is 14.4. The summed E-state index contributed by atoms with van der Waals surface area (Å²) in [4.78, 5) is 11.2. The summed E-state index contributed by atoms with van der Waals surface area (Å²) in [5.74, 6) is -0.0602. The highest BCUT2D eigenvalue weighted by Gasteiger charge is 2.06. The van der Waals surface area contributed by atoms with E-state index in [1.807, 2.05) is 35.1 Å². The Labute approximate surface area is 147 Å². The first-order valence-electron chi connectivity index (χ1n) is 8.32. The van der Waals surface area contributed by atoms with Crippen molar-refractivity contribution in [3.63, 3.8) is 0 Å². The van der Waals surface area contributed by atoms with Gasteiger partial charge < -0.3 is 10.6 Å². The van der Waals surface area contributed by atoms with E-state index in [0.29, 0.717) is 0 Å². The molecule has 3 rings (SSSR count). The summed E-state index contributed by atoms with van der Waals surface area (Å²) in [5, 5.41) is 10.6. The fourth-order valence-electron chi connectivity index (χ4n) is 2.67. The minimum atomic E-state index is -0.0602. The van der Waals surface area contributed by atoms with Gasteiger partial charge >= 0.3 is 0 Å². The molecule has 0 bridgehead atoms. The van der Waals surface area contributed by atoms with E-state index in [4.69, 9.17) is 0 Å². The second kappa shape index (κ2) is 7.77. The maximum absolute atomic E-state index is 11.2. The van der Waals surface area contributed by atoms with Crippen LogP contribution < -0.4 is 10.6 Å². The lowest BCUT2D eigenvalue weighted by Gasteiger charge is -2.16. The largest absolute Gasteiger partial charge is 0.326 e. The van der Waals surface area contributed by atoms with Crippen LogP contribution in [0.2, 0.25) is 0 Å². The van der Waals surface area contributed by atoms with E-state index in [1.165, 1.54) is 12.5 Å². The van der Waals surface area contributed by atoms with Gasteiger partial charge in [0.05, 0.1) is 5.69 Å². The molecule has 0 aliphatic carbocycles. The zero-order chi connectivity index (χ0) is 17.6. The summed E-state index contributed by atoms with van der Waals surface area (Å²) in [6.45, 7) is 4.40. The van der Waals surface area contributed by atoms with Crippen LogP contribution in [0.4, 0.5) is 5.69 Å². The highest BCUT2D eigenvalue weighted by Crippen LogP contribution is 2.18. The predicted octanol–water partition coefficient (Wildman–Crippen LogP) is 3.68. The van der Waals surface area contributed by atoms with Gasteiger partial charge in [-0.15, -0.1) is 0 Å². The molecule has 0 radical (unpaired) electrons. The maximum Gasteiger partial charge on any atom is 0.221 e. The summed E-state index contributed by atoms with van der Waals surface area (Å²) in [6.07, 6.45) is 3.70. The molecule has 2 aromatic carbocycles. The molecule has 0 spiro atoms. The molecule has 128 valence electrons. The molecule has 1 heterocycles. The molecule has 0 fully saturated rings. The summed E-state index contributed by atoms with van der Waals surface area (Å²) >= 11 is 0. The lowest BCUT2D eigenvalue weighted by Crippen LogP contribution is -2.18. The molecule has 0 aliphatic rings. The first kappa shape index (κ1) is 16.9. The number of nitrogens with zero attached hydrogens (tertiary/aromatic N) is 2. The van der Waals surface area contributed by atoms with Crippen molar-refractivity contribution >= 4 is 11.6 Å². The number of carbonyl (C=O) groups excluding carboxylic acids is 1. The smallest absolute Gasteiger partial charge is 0.221 e. The van der Waals surface area contributed by atoms with E-state index in [-0.39, 0.29) is 11.9 Å². The number of aromatic nitrogens is 2. The van der Waals surface area contributed by atoms with Crippen LogP contribution in [0.5, 0.6) is 0 Å². The SMILES string of the molecule is CC(=O)Nc1cccc([C@H](C)NCc2ccc(-n3cccn3)cc2)c1. The molecular weight excluding hydrogens is 312 g/mol. The number of rotatable bonds is 6. The van der Waals surface area contributed by atoms with Gasteiger partial charge in [-0.2, -0.15) is 5.10 Å². The van der Waals surface area contributed by atoms with Gasteiger partial charge in [-0.1, -0.05) is 24.3 Å². The van der Waals surface area contributed by atoms with Crippen LogP contribution in [0.15, 0.2) is 67.0 Å². The number of carbonyl (C=O) groups is 1. The highest BCUT2D eigenvalue weighted by atomic mass is 16.1. The first-order valence-corrected chi connectivity index (χ1v) is 8.32. The van der Waals surface area contributed by atoms with Crippen molar-refractivity contribution in [2.24, 2.45) is 0 Å². The molecule has 1 atom stereocenters. The summed E-state index contributed by atoms with van der Waals surface area (Å²) in [6, 6.07) is 18.3. The third-order valence-electron chi connectivity index (χ3n) is 4.02. The van der Waals surface area contributed by atoms with Crippen LogP contribution in [0.25, 0.3) is 5.69 Å². The minimum absolute atomic E-state index is 0.0602. The highest BCUT2D eigenvalue weighted by molar-refractivity contribution is 5.88. The molecule has 0 unspecified atom stereocenters. The van der Waals surface area contributed by atoms with Crippen LogP contribution in [-0.2, 0) is 11.3 Å². The fourth-order valence-corrected chi connectivity index (χ4v) is 2.67. The number of nitrogens with one attached hydrogen (secondary N) is 2. The average Bonchev–Trinajstić information content (AvgIpc) is 3.14. The second-order valence-corrected chi connectivity index (χ2v) is 6.03. The van der Waals surface area contributed by atoms with Gasteiger partial charge in [-0.25, -0.2) is 4.68 Å². The van der Waals surface area contributed by atoms with E-state index < -0.39 is 0 Å². The van der Waals surface area contributed by atoms with Crippen molar-refractivity contribution < 1.29 is 4.79 Å². The van der Waals surface area contributed by atoms with Gasteiger partial charge in [0.1, 0.15) is 0 Å². The van der Waals surface area contributed by atoms with Crippen molar-refractivity contribution in [3.8, 4) is 5.69 Å². The maximum atomic E-state index is 11.2. The number of benzene rings is 2. The Balaban J connectivity index is 1.60. The van der Waals surface area contributed by atoms with Crippen molar-refractivity contribution in [2.75, 3.05) is 5.32 Å². The lowest BCUT2D eigenvalue weighted by atomic mass is 10.1. The molecule has 0 saturated heterocycles. The third kappa shape index (κ3) is 4.55. The molecule has 5 heteroatoms. The van der Waals surface area contributed by atoms with Crippen LogP contribution in [0.3, 0.4) is 0 Å². The monoisotopic (exact) mass is 334 g/mol. The Kier molecular flexibility index (Phi) is 5.26. The molecule has 2 N–H and O–H groups in total. The van der Waals surface area contributed by atoms with Gasteiger partial charge in [0.2, 0.25) is 5.91 Å². The zero-order valence-corrected chi connectivity index (χ0v) is 14.4. The molecule has 5 nitrogen and oxygen atoms in total. The number of amides is 1. The van der Waals surface area contributed by atoms with Gasteiger partial charge in [0.15, 0.2) is 0 Å². The topological polar surface area (TPSA) is 59.0 Å². The Morgan fingerprint density at radius 2 is 1.96 bits per heavy atom. The Morgan fingerprint density at radius 3 is 2.64 bits per heavy atom. The fraction of sp³-hybridized carbons (Fsp3) is 0.200. The van der Waals surface area contributed by atoms with Crippen molar-refractivity contribution in [1.82, 2.24) is 15.1 Å². The van der Waals surface area contributed by atoms with E-state index in [1.54, 1.807) is 6.20 Å². The lowest BCUT2D eigenvalue weighted by molar-refractivity contribution is -0.114. The van der Waals surface area contributed by atoms with Crippen molar-refractivity contribution in [1.29, 1.82) is 0 Å². The van der Waals surface area contributed by atoms with Crippen molar-refractivity contribution in [3.05, 3.63) is 78.1 Å². The van der Waals surface area contributed by atoms with Crippen molar-refractivity contribution in [2.45, 2.75) is 26.4 Å². The van der Waals surface area contributed by atoms with E-state index in [0.717, 1.165) is 23.5 Å². The van der Waals surface area contributed by atoms with Gasteiger partial charge in [-0.05, 0) is 48.4 Å². The second-order valence-electron chi connectivity index (χ2n) is 6.03. The third-order valence-corrected chi connectivity index (χ3v) is 4.02. The quantitative estimate of drug-likeness (QED) is 0.723. The summed E-state index contributed by atoms with van der Waals surface area (Å²) in [7, 11) is 0. The predicted molar refractivity (Wildman–Crippen MR) is 99.6 cm³/mol. The molecule has 1 aromatic heterocycles. The molecule has 3 aromatic rings. The molecule has 0 aliphatic heterocycles. The normalized spacial score (nSPS) is 11.9. The minimum Gasteiger partial charge on any atom is -0.326 e. The Hall–Kier alpha value is -2.92. The van der Waals surface area contributed by atoms with Crippen LogP contribution in [0, 0.1) is 0 Å². The van der Waals surface area contributed by atoms with Gasteiger partial charge in [-0.3, -0.25) is 4.79 Å². The molecule has 1 amide bonds. The first-order chi connectivity index (χ1) is 12.1. The Morgan fingerprint density at radius 1 is 1.16 bits per heavy atom. The van der Waals surface area contributed by atoms with E-state index >= 15 is 0 Å². The van der Waals surface area contributed by atoms with Crippen LogP contribution >= 0.6 is 0 Å². The standard InChI is InChI=1S/C20H22N4O/c1-15(18-5-3-6-19(13-18)23-16(2)25)21-14-17-7-9-20(10-8-17)24-12-4-11-22-24/h3-13,15,21H,14H2,1-2H3,(H,23,25)/t15-/m0/s1. The van der Waals surface area contributed by atoms with Crippen LogP contribution in [-0.4, -0.2) is 15.7 Å². The average molecular weight is 334 g/mol. The van der Waals surface area contributed by atoms with Crippen LogP contribution in [0.1, 0.15) is 31.0 Å². The summed E-state index contributed by atoms with van der Waals surface area (Å²) < 4.78 is 1.84. The molecule has 25 heavy (non-hydrogen) atoms. The number of anilines is 1. The van der Waals surface area contributed by atoms with E-state index in [9.17, 15) is 4.79 Å². The molecular formula is C20H22N4O. The number of hydrogen-bond donors (Lipinski definition) is 2. The van der Waals surface area contributed by atoms with E-state index in [2.05, 4.69) is 53.0 Å². The Bertz CT molecular complexity index is 825. The molecule has 0 saturated carbocycles. The number of hydrogen-bond acceptors (Lipinski definition) is 3.